The number of rotatable bonds is 6. The highest BCUT2D eigenvalue weighted by Crippen LogP contribution is 2.37. The van der Waals surface area contributed by atoms with Gasteiger partial charge in [0.05, 0.1) is 12.1 Å². The lowest BCUT2D eigenvalue weighted by molar-refractivity contribution is -0.139. The van der Waals surface area contributed by atoms with E-state index < -0.39 is 23.5 Å². The molecular formula is C23H21F2NO3. The van der Waals surface area contributed by atoms with Crippen LogP contribution in [0.15, 0.2) is 72.5 Å². The van der Waals surface area contributed by atoms with Crippen molar-refractivity contribution in [2.75, 3.05) is 6.61 Å². The van der Waals surface area contributed by atoms with Gasteiger partial charge in [0.25, 0.3) is 0 Å². The summed E-state index contributed by atoms with van der Waals surface area (Å²) in [5, 5.41) is 0. The van der Waals surface area contributed by atoms with Crippen molar-refractivity contribution in [3.8, 4) is 0 Å². The maximum absolute atomic E-state index is 14.1. The summed E-state index contributed by atoms with van der Waals surface area (Å²) in [6.07, 6.45) is 1.48. The first kappa shape index (κ1) is 20.5. The Morgan fingerprint density at radius 1 is 1.21 bits per heavy atom. The van der Waals surface area contributed by atoms with Crippen LogP contribution in [0.25, 0.3) is 0 Å². The Labute approximate surface area is 168 Å². The van der Waals surface area contributed by atoms with Gasteiger partial charge in [0, 0.05) is 23.6 Å². The Balaban J connectivity index is 2.03. The molecule has 1 aliphatic heterocycles. The number of nitrogens with zero attached hydrogens (tertiary/aromatic N) is 1. The van der Waals surface area contributed by atoms with Crippen molar-refractivity contribution in [3.63, 3.8) is 0 Å². The lowest BCUT2D eigenvalue weighted by atomic mass is 9.83. The third-order valence-electron chi connectivity index (χ3n) is 4.94. The van der Waals surface area contributed by atoms with Crippen molar-refractivity contribution in [1.82, 2.24) is 4.90 Å². The van der Waals surface area contributed by atoms with Crippen molar-refractivity contribution in [3.05, 3.63) is 95.2 Å². The van der Waals surface area contributed by atoms with Gasteiger partial charge in [-0.15, -0.1) is 0 Å². The monoisotopic (exact) mass is 397 g/mol. The first-order valence-corrected chi connectivity index (χ1v) is 9.21. The van der Waals surface area contributed by atoms with E-state index in [0.29, 0.717) is 11.3 Å². The molecule has 0 aliphatic carbocycles. The summed E-state index contributed by atoms with van der Waals surface area (Å²) in [6, 6.07) is 13.0. The zero-order valence-corrected chi connectivity index (χ0v) is 16.0. The lowest BCUT2D eigenvalue weighted by Crippen LogP contribution is -2.38. The van der Waals surface area contributed by atoms with Gasteiger partial charge in [-0.3, -0.25) is 4.79 Å². The summed E-state index contributed by atoms with van der Waals surface area (Å²) >= 11 is 0. The van der Waals surface area contributed by atoms with Crippen molar-refractivity contribution >= 4 is 11.9 Å². The Morgan fingerprint density at radius 2 is 1.93 bits per heavy atom. The highest BCUT2D eigenvalue weighted by Gasteiger charge is 2.37. The summed E-state index contributed by atoms with van der Waals surface area (Å²) in [7, 11) is 0. The molecular weight excluding hydrogens is 376 g/mol. The molecule has 1 atom stereocenters. The normalized spacial score (nSPS) is 16.7. The molecule has 2 aromatic rings. The maximum atomic E-state index is 14.1. The molecule has 4 nitrogen and oxygen atoms in total. The van der Waals surface area contributed by atoms with Crippen LogP contribution in [0.2, 0.25) is 0 Å². The first-order chi connectivity index (χ1) is 13.9. The van der Waals surface area contributed by atoms with E-state index in [1.54, 1.807) is 6.92 Å². The molecule has 2 aromatic carbocycles. The van der Waals surface area contributed by atoms with Gasteiger partial charge in [-0.25, -0.2) is 13.6 Å². The fourth-order valence-electron chi connectivity index (χ4n) is 3.49. The second kappa shape index (κ2) is 8.82. The van der Waals surface area contributed by atoms with Crippen LogP contribution in [-0.4, -0.2) is 23.4 Å². The van der Waals surface area contributed by atoms with E-state index in [4.69, 9.17) is 4.74 Å². The van der Waals surface area contributed by atoms with Crippen LogP contribution in [0.4, 0.5) is 8.78 Å². The van der Waals surface area contributed by atoms with E-state index in [1.807, 2.05) is 30.3 Å². The van der Waals surface area contributed by atoms with Gasteiger partial charge < -0.3 is 9.64 Å². The van der Waals surface area contributed by atoms with E-state index in [0.717, 1.165) is 11.6 Å². The highest BCUT2D eigenvalue weighted by atomic mass is 19.2. The predicted molar refractivity (Wildman–Crippen MR) is 105 cm³/mol. The van der Waals surface area contributed by atoms with Gasteiger partial charge >= 0.3 is 5.97 Å². The number of hydrogen-bond donors (Lipinski definition) is 0. The zero-order chi connectivity index (χ0) is 21.0. The number of halogens is 2. The van der Waals surface area contributed by atoms with Crippen molar-refractivity contribution in [2.45, 2.75) is 25.8 Å². The van der Waals surface area contributed by atoms with E-state index >= 15 is 0 Å². The van der Waals surface area contributed by atoms with Crippen molar-refractivity contribution in [1.29, 1.82) is 0 Å². The van der Waals surface area contributed by atoms with Gasteiger partial charge in [-0.05, 0) is 18.6 Å². The second-order valence-corrected chi connectivity index (χ2v) is 6.75. The van der Waals surface area contributed by atoms with Gasteiger partial charge in [-0.2, -0.15) is 0 Å². The molecule has 3 rings (SSSR count). The molecule has 150 valence electrons. The van der Waals surface area contributed by atoms with E-state index in [1.165, 1.54) is 23.1 Å². The van der Waals surface area contributed by atoms with Gasteiger partial charge in [0.2, 0.25) is 5.91 Å². The Kier molecular flexibility index (Phi) is 6.22. The zero-order valence-electron chi connectivity index (χ0n) is 16.0. The standard InChI is InChI=1S/C23H21F2NO3/c1-3-12-29-23(28)21-15(2)26(14-17-10-7-11-19(24)22(17)25)20(27)13-18(21)16-8-5-4-6-9-16/h3-11,18H,1,12-14H2,2H3/t18-/m0/s1. The molecule has 0 fully saturated rings. The smallest absolute Gasteiger partial charge is 0.336 e. The van der Waals surface area contributed by atoms with Gasteiger partial charge in [0.15, 0.2) is 11.6 Å². The molecule has 1 amide bonds. The number of carbonyl (C=O) groups is 2. The molecule has 0 saturated carbocycles. The van der Waals surface area contributed by atoms with E-state index in [9.17, 15) is 18.4 Å². The molecule has 0 N–H and O–H groups in total. The highest BCUT2D eigenvalue weighted by molar-refractivity contribution is 5.95. The summed E-state index contributed by atoms with van der Waals surface area (Å²) in [5.41, 5.74) is 1.54. The molecule has 0 unspecified atom stereocenters. The minimum absolute atomic E-state index is 0.0246. The third kappa shape index (κ3) is 4.26. The van der Waals surface area contributed by atoms with Crippen LogP contribution in [-0.2, 0) is 20.9 Å². The molecule has 6 heteroatoms. The van der Waals surface area contributed by atoms with E-state index in [-0.39, 0.29) is 31.0 Å². The summed E-state index contributed by atoms with van der Waals surface area (Å²) in [4.78, 5) is 27.0. The number of carbonyl (C=O) groups excluding carboxylic acids is 2. The molecule has 1 heterocycles. The second-order valence-electron chi connectivity index (χ2n) is 6.75. The average molecular weight is 397 g/mol. The lowest BCUT2D eigenvalue weighted by Gasteiger charge is -2.34. The Hall–Kier alpha value is -3.28. The predicted octanol–water partition coefficient (Wildman–Crippen LogP) is 4.48. The Morgan fingerprint density at radius 3 is 2.62 bits per heavy atom. The minimum atomic E-state index is -1.01. The van der Waals surface area contributed by atoms with Gasteiger partial charge in [0.1, 0.15) is 6.61 Å². The third-order valence-corrected chi connectivity index (χ3v) is 4.94. The quantitative estimate of drug-likeness (QED) is 0.533. The number of hydrogen-bond acceptors (Lipinski definition) is 3. The van der Waals surface area contributed by atoms with Crippen LogP contribution in [0.1, 0.15) is 30.4 Å². The van der Waals surface area contributed by atoms with Crippen LogP contribution >= 0.6 is 0 Å². The van der Waals surface area contributed by atoms with Crippen molar-refractivity contribution < 1.29 is 23.1 Å². The van der Waals surface area contributed by atoms with Crippen LogP contribution in [0, 0.1) is 11.6 Å². The fourth-order valence-corrected chi connectivity index (χ4v) is 3.49. The molecule has 0 aromatic heterocycles. The van der Waals surface area contributed by atoms with Crippen molar-refractivity contribution in [2.24, 2.45) is 0 Å². The average Bonchev–Trinajstić information content (AvgIpc) is 2.72. The first-order valence-electron chi connectivity index (χ1n) is 9.21. The number of amides is 1. The number of benzene rings is 2. The number of ether oxygens (including phenoxy) is 1. The maximum Gasteiger partial charge on any atom is 0.336 e. The molecule has 0 saturated heterocycles. The number of esters is 1. The fraction of sp³-hybridized carbons (Fsp3) is 0.217. The summed E-state index contributed by atoms with van der Waals surface area (Å²) in [6.45, 7) is 5.02. The topological polar surface area (TPSA) is 46.6 Å². The number of allylic oxidation sites excluding steroid dienone is 1. The summed E-state index contributed by atoms with van der Waals surface area (Å²) in [5.74, 6) is -3.31. The largest absolute Gasteiger partial charge is 0.458 e. The molecule has 0 bridgehead atoms. The molecule has 0 spiro atoms. The molecule has 0 radical (unpaired) electrons. The SMILES string of the molecule is C=CCOC(=O)C1=C(C)N(Cc2cccc(F)c2F)C(=O)C[C@H]1c1ccccc1. The van der Waals surface area contributed by atoms with Gasteiger partial charge in [-0.1, -0.05) is 55.1 Å². The van der Waals surface area contributed by atoms with Crippen LogP contribution in [0.5, 0.6) is 0 Å². The molecule has 1 aliphatic rings. The van der Waals surface area contributed by atoms with E-state index in [2.05, 4.69) is 6.58 Å². The summed E-state index contributed by atoms with van der Waals surface area (Å²) < 4.78 is 33.0. The minimum Gasteiger partial charge on any atom is -0.458 e. The Bertz CT molecular complexity index is 969. The van der Waals surface area contributed by atoms with Crippen LogP contribution < -0.4 is 0 Å². The molecule has 29 heavy (non-hydrogen) atoms. The van der Waals surface area contributed by atoms with Crippen LogP contribution in [0.3, 0.4) is 0 Å².